The molecule has 0 saturated carbocycles. The van der Waals surface area contributed by atoms with Crippen molar-refractivity contribution in [2.75, 3.05) is 0 Å². The van der Waals surface area contributed by atoms with Crippen LogP contribution in [0.1, 0.15) is 5.69 Å². The van der Waals surface area contributed by atoms with E-state index < -0.39 is 5.82 Å². The summed E-state index contributed by atoms with van der Waals surface area (Å²) < 4.78 is 19.5. The SMILES string of the molecule is NC(=NO)c1cccc(Oc2ccc(Br)cc2F)n1. The van der Waals surface area contributed by atoms with Gasteiger partial charge >= 0.3 is 0 Å². The second-order valence-corrected chi connectivity index (χ2v) is 4.44. The molecule has 0 unspecified atom stereocenters. The average Bonchev–Trinajstić information content (AvgIpc) is 2.41. The van der Waals surface area contributed by atoms with E-state index in [1.165, 1.54) is 18.2 Å². The highest BCUT2D eigenvalue weighted by molar-refractivity contribution is 9.10. The van der Waals surface area contributed by atoms with Crippen LogP contribution in [-0.4, -0.2) is 16.0 Å². The summed E-state index contributed by atoms with van der Waals surface area (Å²) in [4.78, 5) is 3.99. The van der Waals surface area contributed by atoms with Gasteiger partial charge in [0.1, 0.15) is 5.69 Å². The van der Waals surface area contributed by atoms with E-state index in [2.05, 4.69) is 26.1 Å². The molecule has 0 saturated heterocycles. The summed E-state index contributed by atoms with van der Waals surface area (Å²) in [7, 11) is 0. The lowest BCUT2D eigenvalue weighted by molar-refractivity contribution is 0.318. The van der Waals surface area contributed by atoms with Crippen LogP contribution < -0.4 is 10.5 Å². The number of hydrogen-bond acceptors (Lipinski definition) is 4. The number of oxime groups is 1. The molecule has 2 aromatic rings. The Morgan fingerprint density at radius 2 is 2.16 bits per heavy atom. The maximum atomic E-state index is 13.6. The summed E-state index contributed by atoms with van der Waals surface area (Å²) in [5.41, 5.74) is 5.64. The van der Waals surface area contributed by atoms with Crippen LogP contribution in [0, 0.1) is 5.82 Å². The van der Waals surface area contributed by atoms with Crippen molar-refractivity contribution in [1.82, 2.24) is 4.98 Å². The van der Waals surface area contributed by atoms with Crippen LogP contribution in [0.15, 0.2) is 46.0 Å². The van der Waals surface area contributed by atoms with E-state index in [4.69, 9.17) is 15.7 Å². The fourth-order valence-corrected chi connectivity index (χ4v) is 1.67. The Hall–Kier alpha value is -2.15. The average molecular weight is 326 g/mol. The van der Waals surface area contributed by atoms with Crippen molar-refractivity contribution < 1.29 is 14.3 Å². The third-order valence-corrected chi connectivity index (χ3v) is 2.70. The van der Waals surface area contributed by atoms with E-state index >= 15 is 0 Å². The highest BCUT2D eigenvalue weighted by Crippen LogP contribution is 2.25. The van der Waals surface area contributed by atoms with Crippen molar-refractivity contribution in [1.29, 1.82) is 0 Å². The van der Waals surface area contributed by atoms with Gasteiger partial charge in [-0.05, 0) is 24.3 Å². The van der Waals surface area contributed by atoms with Crippen molar-refractivity contribution >= 4 is 21.8 Å². The molecule has 0 spiro atoms. The second kappa shape index (κ2) is 5.66. The van der Waals surface area contributed by atoms with E-state index in [-0.39, 0.29) is 23.2 Å². The molecule has 1 heterocycles. The molecule has 0 atom stereocenters. The Morgan fingerprint density at radius 1 is 1.37 bits per heavy atom. The summed E-state index contributed by atoms with van der Waals surface area (Å²) in [6.07, 6.45) is 0. The Labute approximate surface area is 116 Å². The van der Waals surface area contributed by atoms with E-state index in [9.17, 15) is 4.39 Å². The lowest BCUT2D eigenvalue weighted by Gasteiger charge is -2.07. The van der Waals surface area contributed by atoms with Gasteiger partial charge in [-0.25, -0.2) is 9.37 Å². The number of amidine groups is 1. The number of pyridine rings is 1. The zero-order chi connectivity index (χ0) is 13.8. The molecule has 0 aliphatic heterocycles. The van der Waals surface area contributed by atoms with Gasteiger partial charge in [-0.3, -0.25) is 0 Å². The molecule has 0 bridgehead atoms. The van der Waals surface area contributed by atoms with Crippen molar-refractivity contribution in [3.63, 3.8) is 0 Å². The van der Waals surface area contributed by atoms with Gasteiger partial charge in [0.05, 0.1) is 0 Å². The van der Waals surface area contributed by atoms with Gasteiger partial charge < -0.3 is 15.7 Å². The van der Waals surface area contributed by atoms with Crippen LogP contribution in [-0.2, 0) is 0 Å². The predicted octanol–water partition coefficient (Wildman–Crippen LogP) is 2.87. The molecule has 3 N–H and O–H groups in total. The van der Waals surface area contributed by atoms with E-state index in [0.29, 0.717) is 4.47 Å². The molecule has 0 aliphatic rings. The van der Waals surface area contributed by atoms with Crippen LogP contribution in [0.4, 0.5) is 4.39 Å². The lowest BCUT2D eigenvalue weighted by atomic mass is 10.3. The standard InChI is InChI=1S/C12H9BrFN3O2/c13-7-4-5-10(8(14)6-7)19-11-3-1-2-9(16-11)12(15)17-18/h1-6,18H,(H2,15,17). The third kappa shape index (κ3) is 3.19. The first-order valence-corrected chi connectivity index (χ1v) is 5.97. The molecule has 0 fully saturated rings. The normalized spacial score (nSPS) is 11.4. The van der Waals surface area contributed by atoms with Gasteiger partial charge in [0.15, 0.2) is 17.4 Å². The Kier molecular flexibility index (Phi) is 3.96. The highest BCUT2D eigenvalue weighted by Gasteiger charge is 2.08. The van der Waals surface area contributed by atoms with Gasteiger partial charge in [-0.15, -0.1) is 0 Å². The zero-order valence-corrected chi connectivity index (χ0v) is 11.1. The number of nitrogens with zero attached hydrogens (tertiary/aromatic N) is 2. The number of aromatic nitrogens is 1. The summed E-state index contributed by atoms with van der Waals surface area (Å²) in [5.74, 6) is -0.496. The monoisotopic (exact) mass is 325 g/mol. The van der Waals surface area contributed by atoms with E-state index in [0.717, 1.165) is 0 Å². The Balaban J connectivity index is 2.28. The van der Waals surface area contributed by atoms with E-state index in [1.807, 2.05) is 0 Å². The summed E-state index contributed by atoms with van der Waals surface area (Å²) in [6.45, 7) is 0. The number of halogens is 2. The number of ether oxygens (including phenoxy) is 1. The smallest absolute Gasteiger partial charge is 0.220 e. The van der Waals surface area contributed by atoms with E-state index in [1.54, 1.807) is 18.2 Å². The number of rotatable bonds is 3. The molecular weight excluding hydrogens is 317 g/mol. The first-order valence-electron chi connectivity index (χ1n) is 5.18. The minimum absolute atomic E-state index is 0.0346. The minimum Gasteiger partial charge on any atom is -0.436 e. The zero-order valence-electron chi connectivity index (χ0n) is 9.55. The Bertz CT molecular complexity index is 634. The number of hydrogen-bond donors (Lipinski definition) is 2. The van der Waals surface area contributed by atoms with Crippen molar-refractivity contribution in [2.24, 2.45) is 10.9 Å². The molecular formula is C12H9BrFN3O2. The second-order valence-electron chi connectivity index (χ2n) is 3.52. The van der Waals surface area contributed by atoms with Crippen LogP contribution >= 0.6 is 15.9 Å². The van der Waals surface area contributed by atoms with Crippen molar-refractivity contribution in [3.8, 4) is 11.6 Å². The molecule has 7 heteroatoms. The number of benzene rings is 1. The minimum atomic E-state index is -0.523. The molecule has 0 amide bonds. The van der Waals surface area contributed by atoms with Crippen LogP contribution in [0.25, 0.3) is 0 Å². The Morgan fingerprint density at radius 3 is 2.84 bits per heavy atom. The lowest BCUT2D eigenvalue weighted by Crippen LogP contribution is -2.14. The summed E-state index contributed by atoms with van der Waals surface area (Å²) >= 11 is 3.15. The van der Waals surface area contributed by atoms with Gasteiger partial charge in [0, 0.05) is 10.5 Å². The molecule has 19 heavy (non-hydrogen) atoms. The topological polar surface area (TPSA) is 80.7 Å². The maximum Gasteiger partial charge on any atom is 0.220 e. The fraction of sp³-hybridized carbons (Fsp3) is 0. The molecule has 5 nitrogen and oxygen atoms in total. The van der Waals surface area contributed by atoms with Gasteiger partial charge in [0.25, 0.3) is 0 Å². The van der Waals surface area contributed by atoms with Crippen LogP contribution in [0.3, 0.4) is 0 Å². The first-order chi connectivity index (χ1) is 9.10. The molecule has 1 aromatic carbocycles. The van der Waals surface area contributed by atoms with Gasteiger partial charge in [0.2, 0.25) is 5.88 Å². The maximum absolute atomic E-state index is 13.6. The molecule has 2 rings (SSSR count). The molecule has 0 aliphatic carbocycles. The quantitative estimate of drug-likeness (QED) is 0.393. The summed E-state index contributed by atoms with van der Waals surface area (Å²) in [5, 5.41) is 11.4. The molecule has 98 valence electrons. The van der Waals surface area contributed by atoms with Crippen molar-refractivity contribution in [3.05, 3.63) is 52.4 Å². The largest absolute Gasteiger partial charge is 0.436 e. The van der Waals surface area contributed by atoms with Crippen LogP contribution in [0.2, 0.25) is 0 Å². The summed E-state index contributed by atoms with van der Waals surface area (Å²) in [6, 6.07) is 9.08. The van der Waals surface area contributed by atoms with Crippen LogP contribution in [0.5, 0.6) is 11.6 Å². The molecule has 0 radical (unpaired) electrons. The predicted molar refractivity (Wildman–Crippen MR) is 70.9 cm³/mol. The first kappa shape index (κ1) is 13.3. The third-order valence-electron chi connectivity index (χ3n) is 2.20. The molecule has 1 aromatic heterocycles. The van der Waals surface area contributed by atoms with Gasteiger partial charge in [-0.1, -0.05) is 27.2 Å². The van der Waals surface area contributed by atoms with Gasteiger partial charge in [-0.2, -0.15) is 0 Å². The fourth-order valence-electron chi connectivity index (χ4n) is 1.34. The van der Waals surface area contributed by atoms with Crippen molar-refractivity contribution in [2.45, 2.75) is 0 Å². The number of nitrogens with two attached hydrogens (primary N) is 1. The highest BCUT2D eigenvalue weighted by atomic mass is 79.9.